The van der Waals surface area contributed by atoms with Gasteiger partial charge < -0.3 is 18.8 Å². The average molecular weight is 451 g/mol. The Morgan fingerprint density at radius 1 is 1.06 bits per heavy atom. The van der Waals surface area contributed by atoms with Crippen molar-refractivity contribution < 1.29 is 23.8 Å². The molecule has 2 aromatic carbocycles. The number of esters is 1. The molecule has 33 heavy (non-hydrogen) atoms. The SMILES string of the molecule is COC(=O)Cc1ccc(Cc2cn(C)c3ccc(NC(=O)OC4CCCC4)cc23)c(OC)c1. The Bertz CT molecular complexity index is 1160. The van der Waals surface area contributed by atoms with E-state index in [0.717, 1.165) is 59.0 Å². The fourth-order valence-corrected chi connectivity index (χ4v) is 4.49. The molecule has 4 rings (SSSR count). The van der Waals surface area contributed by atoms with Crippen molar-refractivity contribution in [3.8, 4) is 5.75 Å². The maximum absolute atomic E-state index is 12.3. The molecule has 1 aromatic heterocycles. The number of fused-ring (bicyclic) bond motifs is 1. The van der Waals surface area contributed by atoms with Crippen LogP contribution < -0.4 is 10.1 Å². The summed E-state index contributed by atoms with van der Waals surface area (Å²) in [5, 5.41) is 3.93. The molecule has 0 unspecified atom stereocenters. The molecule has 0 aliphatic heterocycles. The summed E-state index contributed by atoms with van der Waals surface area (Å²) < 4.78 is 18.0. The summed E-state index contributed by atoms with van der Waals surface area (Å²) in [5.41, 5.74) is 4.74. The van der Waals surface area contributed by atoms with Crippen molar-refractivity contribution in [2.45, 2.75) is 44.6 Å². The summed E-state index contributed by atoms with van der Waals surface area (Å²) in [4.78, 5) is 23.9. The van der Waals surface area contributed by atoms with Gasteiger partial charge >= 0.3 is 12.1 Å². The number of carbonyl (C=O) groups is 2. The minimum atomic E-state index is -0.401. The third-order valence-electron chi connectivity index (χ3n) is 6.20. The van der Waals surface area contributed by atoms with Crippen LogP contribution in [0.15, 0.2) is 42.6 Å². The Morgan fingerprint density at radius 3 is 2.58 bits per heavy atom. The van der Waals surface area contributed by atoms with Gasteiger partial charge in [0.15, 0.2) is 0 Å². The molecule has 1 amide bonds. The number of amides is 1. The van der Waals surface area contributed by atoms with Gasteiger partial charge in [-0.2, -0.15) is 0 Å². The number of benzene rings is 2. The van der Waals surface area contributed by atoms with Crippen LogP contribution in [0.2, 0.25) is 0 Å². The molecule has 1 heterocycles. The minimum absolute atomic E-state index is 0.0237. The van der Waals surface area contributed by atoms with Crippen LogP contribution in [-0.4, -0.2) is 37.0 Å². The van der Waals surface area contributed by atoms with E-state index in [-0.39, 0.29) is 18.5 Å². The van der Waals surface area contributed by atoms with E-state index in [4.69, 9.17) is 14.2 Å². The van der Waals surface area contributed by atoms with E-state index in [1.165, 1.54) is 7.11 Å². The quantitative estimate of drug-likeness (QED) is 0.514. The Labute approximate surface area is 193 Å². The van der Waals surface area contributed by atoms with Crippen LogP contribution in [-0.2, 0) is 34.2 Å². The largest absolute Gasteiger partial charge is 0.496 e. The van der Waals surface area contributed by atoms with E-state index in [1.54, 1.807) is 7.11 Å². The van der Waals surface area contributed by atoms with E-state index in [0.29, 0.717) is 12.1 Å². The summed E-state index contributed by atoms with van der Waals surface area (Å²) >= 11 is 0. The second-order valence-electron chi connectivity index (χ2n) is 8.51. The lowest BCUT2D eigenvalue weighted by Crippen LogP contribution is -2.20. The monoisotopic (exact) mass is 450 g/mol. The molecular formula is C26H30N2O5. The summed E-state index contributed by atoms with van der Waals surface area (Å²) in [6.07, 6.45) is 6.67. The highest BCUT2D eigenvalue weighted by Gasteiger charge is 2.19. The second kappa shape index (κ2) is 9.98. The number of anilines is 1. The van der Waals surface area contributed by atoms with Gasteiger partial charge in [-0.3, -0.25) is 10.1 Å². The molecule has 1 saturated carbocycles. The van der Waals surface area contributed by atoms with Crippen molar-refractivity contribution in [3.63, 3.8) is 0 Å². The van der Waals surface area contributed by atoms with E-state index < -0.39 is 6.09 Å². The van der Waals surface area contributed by atoms with Crippen LogP contribution in [0, 0.1) is 0 Å². The molecule has 1 fully saturated rings. The molecule has 0 atom stereocenters. The standard InChI is InChI=1S/C26H30N2O5/c1-28-16-19(14-18-9-8-17(12-24(18)31-2)13-25(29)32-3)22-15-20(10-11-23(22)28)27-26(30)33-21-6-4-5-7-21/h8-12,15-16,21H,4-7,13-14H2,1-3H3,(H,27,30). The fraction of sp³-hybridized carbons (Fsp3) is 0.385. The normalized spacial score (nSPS) is 13.8. The third kappa shape index (κ3) is 5.30. The Kier molecular flexibility index (Phi) is 6.87. The first-order valence-electron chi connectivity index (χ1n) is 11.2. The molecule has 0 radical (unpaired) electrons. The van der Waals surface area contributed by atoms with E-state index in [2.05, 4.69) is 16.1 Å². The predicted molar refractivity (Wildman–Crippen MR) is 127 cm³/mol. The Morgan fingerprint density at radius 2 is 1.85 bits per heavy atom. The van der Waals surface area contributed by atoms with E-state index >= 15 is 0 Å². The first-order chi connectivity index (χ1) is 16.0. The van der Waals surface area contributed by atoms with Crippen molar-refractivity contribution in [2.24, 2.45) is 7.05 Å². The number of aromatic nitrogens is 1. The first-order valence-corrected chi connectivity index (χ1v) is 11.2. The number of nitrogens with zero attached hydrogens (tertiary/aromatic N) is 1. The van der Waals surface area contributed by atoms with Crippen LogP contribution in [0.5, 0.6) is 5.75 Å². The number of nitrogens with one attached hydrogen (secondary N) is 1. The van der Waals surface area contributed by atoms with Crippen molar-refractivity contribution in [1.82, 2.24) is 4.57 Å². The number of methoxy groups -OCH3 is 2. The smallest absolute Gasteiger partial charge is 0.411 e. The van der Waals surface area contributed by atoms with Gasteiger partial charge in [0, 0.05) is 36.3 Å². The second-order valence-corrected chi connectivity index (χ2v) is 8.51. The summed E-state index contributed by atoms with van der Waals surface area (Å²) in [6.45, 7) is 0. The zero-order valence-electron chi connectivity index (χ0n) is 19.3. The molecule has 0 bridgehead atoms. The van der Waals surface area contributed by atoms with Crippen molar-refractivity contribution in [2.75, 3.05) is 19.5 Å². The first kappa shape index (κ1) is 22.7. The highest BCUT2D eigenvalue weighted by atomic mass is 16.6. The van der Waals surface area contributed by atoms with Crippen molar-refractivity contribution in [3.05, 3.63) is 59.3 Å². The molecule has 7 heteroatoms. The molecular weight excluding hydrogens is 420 g/mol. The Hall–Kier alpha value is -3.48. The van der Waals surface area contributed by atoms with Gasteiger partial charge in [0.2, 0.25) is 0 Å². The molecule has 1 aliphatic carbocycles. The maximum Gasteiger partial charge on any atom is 0.411 e. The molecule has 174 valence electrons. The highest BCUT2D eigenvalue weighted by Crippen LogP contribution is 2.30. The number of ether oxygens (including phenoxy) is 3. The highest BCUT2D eigenvalue weighted by molar-refractivity contribution is 5.92. The van der Waals surface area contributed by atoms with Gasteiger partial charge in [-0.1, -0.05) is 12.1 Å². The van der Waals surface area contributed by atoms with Crippen LogP contribution in [0.25, 0.3) is 10.9 Å². The summed E-state index contributed by atoms with van der Waals surface area (Å²) in [6, 6.07) is 11.7. The number of hydrogen-bond donors (Lipinski definition) is 1. The zero-order valence-corrected chi connectivity index (χ0v) is 19.3. The van der Waals surface area contributed by atoms with Crippen LogP contribution in [0.1, 0.15) is 42.4 Å². The molecule has 1 N–H and O–H groups in total. The zero-order chi connectivity index (χ0) is 23.4. The average Bonchev–Trinajstić information content (AvgIpc) is 3.42. The minimum Gasteiger partial charge on any atom is -0.496 e. The predicted octanol–water partition coefficient (Wildman–Crippen LogP) is 4.98. The van der Waals surface area contributed by atoms with E-state index in [9.17, 15) is 9.59 Å². The molecule has 3 aromatic rings. The topological polar surface area (TPSA) is 78.8 Å². The van der Waals surface area contributed by atoms with Crippen LogP contribution in [0.3, 0.4) is 0 Å². The Balaban J connectivity index is 1.55. The summed E-state index contributed by atoms with van der Waals surface area (Å²) in [7, 11) is 5.01. The molecule has 0 spiro atoms. The number of rotatable bonds is 7. The van der Waals surface area contributed by atoms with Gasteiger partial charge in [0.25, 0.3) is 0 Å². The lowest BCUT2D eigenvalue weighted by molar-refractivity contribution is -0.139. The maximum atomic E-state index is 12.3. The third-order valence-corrected chi connectivity index (χ3v) is 6.20. The van der Waals surface area contributed by atoms with Crippen LogP contribution >= 0.6 is 0 Å². The number of carbonyl (C=O) groups excluding carboxylic acids is 2. The van der Waals surface area contributed by atoms with Gasteiger partial charge in [-0.25, -0.2) is 4.79 Å². The number of aryl methyl sites for hydroxylation is 1. The van der Waals surface area contributed by atoms with Crippen molar-refractivity contribution in [1.29, 1.82) is 0 Å². The lowest BCUT2D eigenvalue weighted by Gasteiger charge is -2.13. The molecule has 0 saturated heterocycles. The van der Waals surface area contributed by atoms with Gasteiger partial charge in [-0.15, -0.1) is 0 Å². The number of hydrogen-bond acceptors (Lipinski definition) is 5. The summed E-state index contributed by atoms with van der Waals surface area (Å²) in [5.74, 6) is 0.438. The molecule has 7 nitrogen and oxygen atoms in total. The van der Waals surface area contributed by atoms with E-state index in [1.807, 2.05) is 43.4 Å². The van der Waals surface area contributed by atoms with Crippen LogP contribution in [0.4, 0.5) is 10.5 Å². The van der Waals surface area contributed by atoms with Gasteiger partial charge in [-0.05, 0) is 66.6 Å². The molecule has 1 aliphatic rings. The van der Waals surface area contributed by atoms with Gasteiger partial charge in [0.05, 0.1) is 20.6 Å². The van der Waals surface area contributed by atoms with Crippen molar-refractivity contribution >= 4 is 28.7 Å². The lowest BCUT2D eigenvalue weighted by atomic mass is 10.0. The van der Waals surface area contributed by atoms with Gasteiger partial charge in [0.1, 0.15) is 11.9 Å². The fourth-order valence-electron chi connectivity index (χ4n) is 4.49.